The van der Waals surface area contributed by atoms with Crippen molar-refractivity contribution in [2.45, 2.75) is 19.0 Å². The number of aliphatic hydroxyl groups is 1. The van der Waals surface area contributed by atoms with Gasteiger partial charge in [-0.25, -0.2) is 9.97 Å². The van der Waals surface area contributed by atoms with Crippen LogP contribution in [-0.4, -0.2) is 53.6 Å². The van der Waals surface area contributed by atoms with E-state index in [0.29, 0.717) is 18.8 Å². The zero-order chi connectivity index (χ0) is 16.8. The van der Waals surface area contributed by atoms with Crippen LogP contribution in [0.25, 0.3) is 0 Å². The zero-order valence-electron chi connectivity index (χ0n) is 13.2. The number of nitrogens with zero attached hydrogens (tertiary/aromatic N) is 4. The fourth-order valence-corrected chi connectivity index (χ4v) is 2.64. The van der Waals surface area contributed by atoms with Crippen LogP contribution < -0.4 is 0 Å². The van der Waals surface area contributed by atoms with Gasteiger partial charge >= 0.3 is 0 Å². The van der Waals surface area contributed by atoms with Gasteiger partial charge in [0.2, 0.25) is 5.91 Å². The van der Waals surface area contributed by atoms with Crippen LogP contribution in [0.3, 0.4) is 0 Å². The van der Waals surface area contributed by atoms with Crippen molar-refractivity contribution < 1.29 is 9.90 Å². The minimum absolute atomic E-state index is 0.0775. The second-order valence-corrected chi connectivity index (χ2v) is 5.45. The first-order valence-corrected chi connectivity index (χ1v) is 7.75. The summed E-state index contributed by atoms with van der Waals surface area (Å²) in [7, 11) is 0. The number of H-pyrrole nitrogens is 2. The Balaban J connectivity index is 1.82. The van der Waals surface area contributed by atoms with Gasteiger partial charge in [-0.2, -0.15) is 0 Å². The summed E-state index contributed by atoms with van der Waals surface area (Å²) in [6, 6.07) is 3.36. The molecule has 1 atom stereocenters. The van der Waals surface area contributed by atoms with E-state index in [0.717, 1.165) is 5.69 Å². The van der Waals surface area contributed by atoms with Crippen molar-refractivity contribution in [3.05, 3.63) is 61.0 Å². The van der Waals surface area contributed by atoms with Gasteiger partial charge < -0.3 is 24.5 Å². The normalized spacial score (nSPS) is 12.2. The summed E-state index contributed by atoms with van der Waals surface area (Å²) in [5.41, 5.74) is 0.879. The Morgan fingerprint density at radius 3 is 2.79 bits per heavy atom. The Kier molecular flexibility index (Phi) is 5.07. The van der Waals surface area contributed by atoms with Gasteiger partial charge in [0.1, 0.15) is 11.9 Å². The molecule has 8 nitrogen and oxygen atoms in total. The van der Waals surface area contributed by atoms with Crippen molar-refractivity contribution in [2.24, 2.45) is 0 Å². The number of rotatable bonds is 8. The van der Waals surface area contributed by atoms with E-state index in [9.17, 15) is 9.90 Å². The van der Waals surface area contributed by atoms with Crippen LogP contribution in [0.1, 0.15) is 17.6 Å². The predicted molar refractivity (Wildman–Crippen MR) is 86.9 cm³/mol. The molecule has 0 aliphatic heterocycles. The summed E-state index contributed by atoms with van der Waals surface area (Å²) in [4.78, 5) is 28.9. The van der Waals surface area contributed by atoms with Crippen LogP contribution in [-0.2, 0) is 17.8 Å². The Hall–Kier alpha value is -2.87. The molecular formula is C16H20N6O2. The first-order chi connectivity index (χ1) is 11.8. The quantitative estimate of drug-likeness (QED) is 0.567. The highest BCUT2D eigenvalue weighted by Gasteiger charge is 2.26. The molecule has 1 amide bonds. The molecule has 0 saturated heterocycles. The van der Waals surface area contributed by atoms with Crippen LogP contribution in [0, 0.1) is 0 Å². The third-order valence-corrected chi connectivity index (χ3v) is 3.82. The Morgan fingerprint density at radius 1 is 1.33 bits per heavy atom. The van der Waals surface area contributed by atoms with E-state index in [2.05, 4.69) is 19.9 Å². The minimum Gasteiger partial charge on any atom is -0.395 e. The average Bonchev–Trinajstić information content (AvgIpc) is 3.33. The Labute approximate surface area is 139 Å². The average molecular weight is 328 g/mol. The third kappa shape index (κ3) is 3.72. The van der Waals surface area contributed by atoms with Crippen LogP contribution in [0.4, 0.5) is 0 Å². The van der Waals surface area contributed by atoms with Crippen LogP contribution in [0.5, 0.6) is 0 Å². The number of amides is 1. The zero-order valence-corrected chi connectivity index (χ0v) is 13.2. The van der Waals surface area contributed by atoms with Crippen molar-refractivity contribution in [3.63, 3.8) is 0 Å². The van der Waals surface area contributed by atoms with Crippen LogP contribution in [0.2, 0.25) is 0 Å². The summed E-state index contributed by atoms with van der Waals surface area (Å²) < 4.78 is 1.87. The van der Waals surface area contributed by atoms with E-state index in [1.54, 1.807) is 29.8 Å². The number of imidazole rings is 2. The van der Waals surface area contributed by atoms with E-state index in [1.807, 2.05) is 29.1 Å². The molecule has 24 heavy (non-hydrogen) atoms. The van der Waals surface area contributed by atoms with Gasteiger partial charge in [0.15, 0.2) is 0 Å². The molecule has 0 radical (unpaired) electrons. The second kappa shape index (κ2) is 7.60. The number of hydrogen-bond donors (Lipinski definition) is 3. The molecule has 126 valence electrons. The van der Waals surface area contributed by atoms with Gasteiger partial charge in [-0.3, -0.25) is 4.79 Å². The maximum absolute atomic E-state index is 13.1. The summed E-state index contributed by atoms with van der Waals surface area (Å²) in [6.45, 7) is 0.475. The lowest BCUT2D eigenvalue weighted by Crippen LogP contribution is -2.39. The fourth-order valence-electron chi connectivity index (χ4n) is 2.64. The summed E-state index contributed by atoms with van der Waals surface area (Å²) in [5.74, 6) is 0.607. The molecule has 1 unspecified atom stereocenters. The molecule has 3 N–H and O–H groups in total. The van der Waals surface area contributed by atoms with Gasteiger partial charge in [-0.15, -0.1) is 0 Å². The Bertz CT molecular complexity index is 721. The molecule has 0 fully saturated rings. The van der Waals surface area contributed by atoms with E-state index in [-0.39, 0.29) is 19.1 Å². The van der Waals surface area contributed by atoms with Gasteiger partial charge in [0.25, 0.3) is 0 Å². The molecule has 0 aromatic carbocycles. The lowest BCUT2D eigenvalue weighted by molar-refractivity contribution is -0.136. The first-order valence-electron chi connectivity index (χ1n) is 7.75. The van der Waals surface area contributed by atoms with E-state index in [4.69, 9.17) is 0 Å². The molecule has 0 bridgehead atoms. The molecule has 3 aromatic heterocycles. The van der Waals surface area contributed by atoms with Gasteiger partial charge in [-0.1, -0.05) is 0 Å². The molecule has 0 aliphatic rings. The van der Waals surface area contributed by atoms with Gasteiger partial charge in [0.05, 0.1) is 19.5 Å². The fraction of sp³-hybridized carbons (Fsp3) is 0.312. The molecular weight excluding hydrogens is 308 g/mol. The van der Waals surface area contributed by atoms with Gasteiger partial charge in [0, 0.05) is 49.6 Å². The topological polar surface area (TPSA) is 103 Å². The smallest absolute Gasteiger partial charge is 0.246 e. The highest BCUT2D eigenvalue weighted by atomic mass is 16.3. The maximum atomic E-state index is 13.1. The molecule has 3 heterocycles. The molecule has 0 saturated carbocycles. The molecule has 0 aliphatic carbocycles. The standard InChI is InChI=1S/C16H20N6O2/c23-8-7-22(11-15-18-3-4-19-15)16(24)14(21-5-1-2-6-21)9-13-10-17-12-20-13/h1-6,10,12,14,23H,7-9,11H2,(H,17,20)(H,18,19). The molecule has 0 spiro atoms. The van der Waals surface area contributed by atoms with Crippen LogP contribution in [0.15, 0.2) is 49.4 Å². The van der Waals surface area contributed by atoms with E-state index in [1.165, 1.54) is 0 Å². The van der Waals surface area contributed by atoms with Crippen molar-refractivity contribution in [1.82, 2.24) is 29.4 Å². The lowest BCUT2D eigenvalue weighted by atomic mass is 10.1. The van der Waals surface area contributed by atoms with E-state index >= 15 is 0 Å². The summed E-state index contributed by atoms with van der Waals surface area (Å²) in [5, 5.41) is 9.34. The van der Waals surface area contributed by atoms with Crippen molar-refractivity contribution in [1.29, 1.82) is 0 Å². The number of carbonyl (C=O) groups is 1. The van der Waals surface area contributed by atoms with E-state index < -0.39 is 6.04 Å². The van der Waals surface area contributed by atoms with Gasteiger partial charge in [-0.05, 0) is 12.1 Å². The lowest BCUT2D eigenvalue weighted by Gasteiger charge is -2.27. The largest absolute Gasteiger partial charge is 0.395 e. The number of aliphatic hydroxyl groups excluding tert-OH is 1. The Morgan fingerprint density at radius 2 is 2.17 bits per heavy atom. The first kappa shape index (κ1) is 16.0. The highest BCUT2D eigenvalue weighted by Crippen LogP contribution is 2.17. The van der Waals surface area contributed by atoms with Crippen molar-refractivity contribution in [3.8, 4) is 0 Å². The van der Waals surface area contributed by atoms with Crippen LogP contribution >= 0.6 is 0 Å². The third-order valence-electron chi connectivity index (χ3n) is 3.82. The number of nitrogens with one attached hydrogen (secondary N) is 2. The molecule has 3 aromatic rings. The monoisotopic (exact) mass is 328 g/mol. The number of aromatic amines is 2. The van der Waals surface area contributed by atoms with Crippen molar-refractivity contribution >= 4 is 5.91 Å². The number of aromatic nitrogens is 5. The minimum atomic E-state index is -0.415. The highest BCUT2D eigenvalue weighted by molar-refractivity contribution is 5.80. The summed E-state index contributed by atoms with van der Waals surface area (Å²) in [6.07, 6.45) is 10.9. The predicted octanol–water partition coefficient (Wildman–Crippen LogP) is 0.739. The second-order valence-electron chi connectivity index (χ2n) is 5.45. The van der Waals surface area contributed by atoms with Crippen molar-refractivity contribution in [2.75, 3.05) is 13.2 Å². The number of carbonyl (C=O) groups excluding carboxylic acids is 1. The molecule has 3 rings (SSSR count). The SMILES string of the molecule is O=C(C(Cc1cnc[nH]1)n1cccc1)N(CCO)Cc1ncc[nH]1. The summed E-state index contributed by atoms with van der Waals surface area (Å²) >= 11 is 0. The maximum Gasteiger partial charge on any atom is 0.246 e. The molecule has 8 heteroatoms. The number of hydrogen-bond acceptors (Lipinski definition) is 4.